The van der Waals surface area contributed by atoms with Gasteiger partial charge in [-0.15, -0.1) is 0 Å². The van der Waals surface area contributed by atoms with Gasteiger partial charge in [-0.2, -0.15) is 0 Å². The van der Waals surface area contributed by atoms with Crippen molar-refractivity contribution in [3.8, 4) is 0 Å². The lowest BCUT2D eigenvalue weighted by Crippen LogP contribution is -2.26. The maximum atomic E-state index is 12.7. The van der Waals surface area contributed by atoms with Gasteiger partial charge in [0.2, 0.25) is 5.12 Å². The normalized spacial score (nSPS) is 10.7. The second-order valence-electron chi connectivity index (χ2n) is 5.91. The van der Waals surface area contributed by atoms with E-state index in [9.17, 15) is 9.59 Å². The first kappa shape index (κ1) is 19.5. The molecule has 0 N–H and O–H groups in total. The van der Waals surface area contributed by atoms with Gasteiger partial charge in [-0.3, -0.25) is 9.59 Å². The van der Waals surface area contributed by atoms with Crippen molar-refractivity contribution >= 4 is 44.7 Å². The maximum absolute atomic E-state index is 12.7. The number of hydrogen-bond acceptors (Lipinski definition) is 4. The Labute approximate surface area is 168 Å². The molecule has 0 saturated heterocycles. The van der Waals surface area contributed by atoms with E-state index < -0.39 is 0 Å². The summed E-state index contributed by atoms with van der Waals surface area (Å²) in [4.78, 5) is 28.8. The monoisotopic (exact) mass is 395 g/mol. The lowest BCUT2D eigenvalue weighted by molar-refractivity contribution is 0.108. The number of nitrogens with zero attached hydrogens (tertiary/aromatic N) is 1. The van der Waals surface area contributed by atoms with Crippen molar-refractivity contribution in [2.45, 2.75) is 23.6 Å². The molecule has 5 heteroatoms. The van der Waals surface area contributed by atoms with Gasteiger partial charge in [0, 0.05) is 33.8 Å². The Kier molecular flexibility index (Phi) is 6.58. The zero-order valence-corrected chi connectivity index (χ0v) is 17.0. The topological polar surface area (TPSA) is 37.4 Å². The number of hydrogen-bond donors (Lipinski definition) is 0. The van der Waals surface area contributed by atoms with Crippen LogP contribution in [0.3, 0.4) is 0 Å². The van der Waals surface area contributed by atoms with Gasteiger partial charge in [0.25, 0.3) is 5.24 Å². The van der Waals surface area contributed by atoms with Crippen molar-refractivity contribution < 1.29 is 9.59 Å². The number of rotatable bonds is 5. The van der Waals surface area contributed by atoms with Gasteiger partial charge >= 0.3 is 0 Å². The molecule has 27 heavy (non-hydrogen) atoms. The molecule has 0 fully saturated rings. The summed E-state index contributed by atoms with van der Waals surface area (Å²) < 4.78 is 0. The first-order valence-electron chi connectivity index (χ1n) is 8.89. The number of carbonyl (C=O) groups excluding carboxylic acids is 2. The van der Waals surface area contributed by atoms with Gasteiger partial charge in [-0.1, -0.05) is 54.6 Å². The standard InChI is InChI=1S/C22H21NO2S2/c1-3-23(4-2)22(25)27-19-15-9-13-16-12-8-14-18(20(16)19)26-21(24)17-10-6-5-7-11-17/h5-15H,3-4H2,1-2H3. The fourth-order valence-corrected chi connectivity index (χ4v) is 4.86. The number of carbonyl (C=O) groups is 2. The molecule has 0 saturated carbocycles. The molecule has 0 aliphatic rings. The minimum absolute atomic E-state index is 0.00188. The first-order valence-corrected chi connectivity index (χ1v) is 10.5. The summed E-state index contributed by atoms with van der Waals surface area (Å²) in [7, 11) is 0. The highest BCUT2D eigenvalue weighted by Crippen LogP contribution is 2.37. The first-order chi connectivity index (χ1) is 13.1. The third kappa shape index (κ3) is 4.54. The van der Waals surface area contributed by atoms with E-state index in [1.165, 1.54) is 23.5 Å². The Morgan fingerprint density at radius 2 is 1.37 bits per heavy atom. The van der Waals surface area contributed by atoms with Crippen LogP contribution >= 0.6 is 23.5 Å². The summed E-state index contributed by atoms with van der Waals surface area (Å²) in [6.07, 6.45) is 0. The largest absolute Gasteiger partial charge is 0.334 e. The Bertz CT molecular complexity index is 948. The summed E-state index contributed by atoms with van der Waals surface area (Å²) in [6, 6.07) is 21.1. The Balaban J connectivity index is 1.97. The molecule has 0 aliphatic carbocycles. The zero-order valence-electron chi connectivity index (χ0n) is 15.3. The fraction of sp³-hybridized carbons (Fsp3) is 0.182. The van der Waals surface area contributed by atoms with Crippen molar-refractivity contribution in [1.82, 2.24) is 4.90 Å². The maximum Gasteiger partial charge on any atom is 0.286 e. The van der Waals surface area contributed by atoms with Crippen molar-refractivity contribution in [1.29, 1.82) is 0 Å². The molecule has 0 spiro atoms. The SMILES string of the molecule is CCN(CC)C(=O)Sc1cccc2cccc(SC(=O)c3ccccc3)c12. The van der Waals surface area contributed by atoms with Gasteiger partial charge in [-0.25, -0.2) is 0 Å². The fourth-order valence-electron chi connectivity index (χ4n) is 2.82. The van der Waals surface area contributed by atoms with Gasteiger partial charge in [0.1, 0.15) is 0 Å². The Morgan fingerprint density at radius 1 is 0.778 bits per heavy atom. The molecule has 0 radical (unpaired) electrons. The van der Waals surface area contributed by atoms with E-state index >= 15 is 0 Å². The number of benzene rings is 3. The molecule has 0 aromatic heterocycles. The molecule has 3 aromatic rings. The minimum Gasteiger partial charge on any atom is -0.334 e. The molecule has 3 rings (SSSR count). The molecule has 0 aliphatic heterocycles. The lowest BCUT2D eigenvalue weighted by Gasteiger charge is -2.18. The van der Waals surface area contributed by atoms with Crippen LogP contribution in [-0.2, 0) is 0 Å². The van der Waals surface area contributed by atoms with Crippen LogP contribution in [0.25, 0.3) is 10.8 Å². The lowest BCUT2D eigenvalue weighted by atomic mass is 10.1. The predicted octanol–water partition coefficient (Wildman–Crippen LogP) is 6.33. The number of amides is 1. The average Bonchev–Trinajstić information content (AvgIpc) is 2.70. The van der Waals surface area contributed by atoms with Crippen molar-refractivity contribution in [2.24, 2.45) is 0 Å². The molecule has 0 heterocycles. The van der Waals surface area contributed by atoms with Gasteiger partial charge in [-0.05, 0) is 54.9 Å². The summed E-state index contributed by atoms with van der Waals surface area (Å²) in [5.41, 5.74) is 0.670. The Morgan fingerprint density at radius 3 is 1.96 bits per heavy atom. The quantitative estimate of drug-likeness (QED) is 0.473. The molecule has 0 unspecified atom stereocenters. The second kappa shape index (κ2) is 9.11. The van der Waals surface area contributed by atoms with E-state index in [0.29, 0.717) is 18.7 Å². The molecule has 0 atom stereocenters. The summed E-state index contributed by atoms with van der Waals surface area (Å²) in [5, 5.41) is 2.01. The third-order valence-electron chi connectivity index (χ3n) is 4.26. The van der Waals surface area contributed by atoms with E-state index in [1.807, 2.05) is 80.6 Å². The van der Waals surface area contributed by atoms with Crippen LogP contribution in [0.1, 0.15) is 24.2 Å². The average molecular weight is 396 g/mol. The van der Waals surface area contributed by atoms with Crippen LogP contribution in [0, 0.1) is 0 Å². The van der Waals surface area contributed by atoms with E-state index in [-0.39, 0.29) is 10.4 Å². The van der Waals surface area contributed by atoms with Gasteiger partial charge in [0.15, 0.2) is 0 Å². The molecule has 1 amide bonds. The van der Waals surface area contributed by atoms with Crippen LogP contribution in [0.4, 0.5) is 4.79 Å². The van der Waals surface area contributed by atoms with Gasteiger partial charge in [0.05, 0.1) is 0 Å². The minimum atomic E-state index is -0.00188. The van der Waals surface area contributed by atoms with Crippen LogP contribution in [0.15, 0.2) is 76.5 Å². The number of fused-ring (bicyclic) bond motifs is 1. The molecule has 0 bridgehead atoms. The predicted molar refractivity (Wildman–Crippen MR) is 115 cm³/mol. The van der Waals surface area contributed by atoms with Crippen molar-refractivity contribution in [3.63, 3.8) is 0 Å². The van der Waals surface area contributed by atoms with E-state index in [0.717, 1.165) is 20.6 Å². The Hall–Kier alpha value is -2.24. The molecular formula is C22H21NO2S2. The van der Waals surface area contributed by atoms with Crippen LogP contribution in [0.2, 0.25) is 0 Å². The number of thioether (sulfide) groups is 2. The summed E-state index contributed by atoms with van der Waals surface area (Å²) in [5.74, 6) is 0. The van der Waals surface area contributed by atoms with Crippen molar-refractivity contribution in [3.05, 3.63) is 72.3 Å². The molecule has 3 nitrogen and oxygen atoms in total. The smallest absolute Gasteiger partial charge is 0.286 e. The van der Waals surface area contributed by atoms with Crippen LogP contribution in [0.5, 0.6) is 0 Å². The second-order valence-corrected chi connectivity index (χ2v) is 7.91. The highest BCUT2D eigenvalue weighted by Gasteiger charge is 2.17. The zero-order chi connectivity index (χ0) is 19.2. The highest BCUT2D eigenvalue weighted by atomic mass is 32.2. The van der Waals surface area contributed by atoms with Crippen molar-refractivity contribution in [2.75, 3.05) is 13.1 Å². The van der Waals surface area contributed by atoms with E-state index in [2.05, 4.69) is 0 Å². The van der Waals surface area contributed by atoms with Crippen LogP contribution < -0.4 is 0 Å². The summed E-state index contributed by atoms with van der Waals surface area (Å²) >= 11 is 2.44. The summed E-state index contributed by atoms with van der Waals surface area (Å²) in [6.45, 7) is 5.32. The molecule has 138 valence electrons. The van der Waals surface area contributed by atoms with E-state index in [1.54, 1.807) is 4.90 Å². The van der Waals surface area contributed by atoms with Gasteiger partial charge < -0.3 is 4.90 Å². The highest BCUT2D eigenvalue weighted by molar-refractivity contribution is 8.15. The molecule has 3 aromatic carbocycles. The third-order valence-corrected chi connectivity index (χ3v) is 6.23. The van der Waals surface area contributed by atoms with E-state index in [4.69, 9.17) is 0 Å². The molecular weight excluding hydrogens is 374 g/mol. The van der Waals surface area contributed by atoms with Crippen LogP contribution in [-0.4, -0.2) is 28.3 Å².